The number of thiazole rings is 1. The van der Waals surface area contributed by atoms with Gasteiger partial charge in [0.05, 0.1) is 4.70 Å². The molecule has 0 atom stereocenters. The standard InChI is InChI=1S/C11H10N4O3S2/c1-13-8(17)6(9(18)14-4-16)2-5-3-7-10(19-5)15-11(12)20-7/h2-4H,1H3,(H2,12,15)(H,13,17)(H,14,16,18)/b6-2-. The Morgan fingerprint density at radius 2 is 2.10 bits per heavy atom. The maximum atomic E-state index is 11.7. The number of carbonyl (C=O) groups is 3. The number of nitrogens with zero attached hydrogens (tertiary/aromatic N) is 1. The molecule has 0 saturated carbocycles. The highest BCUT2D eigenvalue weighted by Crippen LogP contribution is 2.32. The fourth-order valence-corrected chi connectivity index (χ4v) is 3.43. The molecule has 0 aliphatic carbocycles. The molecule has 104 valence electrons. The molecule has 0 saturated heterocycles. The summed E-state index contributed by atoms with van der Waals surface area (Å²) in [7, 11) is 1.40. The minimum absolute atomic E-state index is 0.151. The van der Waals surface area contributed by atoms with Crippen LogP contribution in [-0.4, -0.2) is 30.3 Å². The number of rotatable bonds is 4. The molecule has 0 fully saturated rings. The molecule has 0 aliphatic heterocycles. The largest absolute Gasteiger partial charge is 0.375 e. The first-order valence-electron chi connectivity index (χ1n) is 5.39. The molecule has 4 N–H and O–H groups in total. The maximum Gasteiger partial charge on any atom is 0.263 e. The number of carbonyl (C=O) groups excluding carboxylic acids is 3. The molecule has 3 amide bonds. The van der Waals surface area contributed by atoms with Crippen LogP contribution < -0.4 is 16.4 Å². The van der Waals surface area contributed by atoms with Crippen molar-refractivity contribution in [2.24, 2.45) is 0 Å². The number of fused-ring (bicyclic) bond motifs is 1. The Balaban J connectivity index is 2.40. The fraction of sp³-hybridized carbons (Fsp3) is 0.0909. The Morgan fingerprint density at radius 1 is 1.35 bits per heavy atom. The lowest BCUT2D eigenvalue weighted by atomic mass is 10.2. The van der Waals surface area contributed by atoms with E-state index >= 15 is 0 Å². The van der Waals surface area contributed by atoms with E-state index < -0.39 is 11.8 Å². The highest BCUT2D eigenvalue weighted by Gasteiger charge is 2.17. The van der Waals surface area contributed by atoms with Gasteiger partial charge < -0.3 is 11.1 Å². The van der Waals surface area contributed by atoms with E-state index in [1.807, 2.05) is 5.32 Å². The van der Waals surface area contributed by atoms with Crippen molar-refractivity contribution in [3.63, 3.8) is 0 Å². The van der Waals surface area contributed by atoms with E-state index in [1.54, 1.807) is 6.07 Å². The smallest absolute Gasteiger partial charge is 0.263 e. The van der Waals surface area contributed by atoms with Crippen LogP contribution in [0.3, 0.4) is 0 Å². The molecule has 0 radical (unpaired) electrons. The van der Waals surface area contributed by atoms with Crippen molar-refractivity contribution in [3.05, 3.63) is 16.5 Å². The lowest BCUT2D eigenvalue weighted by Gasteiger charge is -2.02. The molecule has 2 heterocycles. The third kappa shape index (κ3) is 2.83. The van der Waals surface area contributed by atoms with Gasteiger partial charge in [-0.15, -0.1) is 11.3 Å². The molecule has 0 spiro atoms. The topological polar surface area (TPSA) is 114 Å². The Kier molecular flexibility index (Phi) is 4.11. The molecule has 2 rings (SSSR count). The molecule has 0 aliphatic rings. The average molecular weight is 310 g/mol. The molecular weight excluding hydrogens is 300 g/mol. The number of likely N-dealkylation sites (N-methyl/N-ethyl adjacent to an activating group) is 1. The second kappa shape index (κ2) is 5.80. The van der Waals surface area contributed by atoms with Crippen LogP contribution >= 0.6 is 22.7 Å². The molecule has 9 heteroatoms. The zero-order valence-electron chi connectivity index (χ0n) is 10.3. The van der Waals surface area contributed by atoms with Crippen molar-refractivity contribution in [1.29, 1.82) is 0 Å². The van der Waals surface area contributed by atoms with Crippen molar-refractivity contribution in [3.8, 4) is 0 Å². The van der Waals surface area contributed by atoms with E-state index in [1.165, 1.54) is 35.8 Å². The van der Waals surface area contributed by atoms with Gasteiger partial charge in [0, 0.05) is 11.9 Å². The summed E-state index contributed by atoms with van der Waals surface area (Å²) in [6, 6.07) is 1.78. The summed E-state index contributed by atoms with van der Waals surface area (Å²) < 4.78 is 0.880. The minimum atomic E-state index is -0.761. The fourth-order valence-electron chi connectivity index (χ4n) is 1.48. The summed E-state index contributed by atoms with van der Waals surface area (Å²) in [6.45, 7) is 0. The number of nitrogens with two attached hydrogens (primary N) is 1. The van der Waals surface area contributed by atoms with Crippen molar-refractivity contribution in [2.45, 2.75) is 0 Å². The predicted molar refractivity (Wildman–Crippen MR) is 78.2 cm³/mol. The number of thiophene rings is 1. The van der Waals surface area contributed by atoms with E-state index in [-0.39, 0.29) is 12.0 Å². The first-order chi connectivity index (χ1) is 9.55. The summed E-state index contributed by atoms with van der Waals surface area (Å²) in [5.41, 5.74) is 5.42. The lowest BCUT2D eigenvalue weighted by molar-refractivity contribution is -0.125. The molecule has 0 unspecified atom stereocenters. The van der Waals surface area contributed by atoms with Crippen LogP contribution in [0.5, 0.6) is 0 Å². The summed E-state index contributed by atoms with van der Waals surface area (Å²) in [6.07, 6.45) is 1.64. The number of nitrogens with one attached hydrogen (secondary N) is 2. The Hall–Kier alpha value is -2.26. The SMILES string of the molecule is CNC(=O)/C(=C/c1cc2sc(N)nc2s1)C(=O)NC=O. The van der Waals surface area contributed by atoms with Gasteiger partial charge in [0.15, 0.2) is 5.13 Å². The summed E-state index contributed by atoms with van der Waals surface area (Å²) in [4.78, 5) is 39.2. The average Bonchev–Trinajstić information content (AvgIpc) is 2.91. The molecule has 2 aromatic rings. The molecule has 2 aromatic heterocycles. The van der Waals surface area contributed by atoms with Crippen LogP contribution in [0.15, 0.2) is 11.6 Å². The van der Waals surface area contributed by atoms with Crippen molar-refractivity contribution < 1.29 is 14.4 Å². The third-order valence-corrected chi connectivity index (χ3v) is 4.25. The van der Waals surface area contributed by atoms with Gasteiger partial charge in [0.1, 0.15) is 10.4 Å². The number of aromatic nitrogens is 1. The number of hydrogen-bond acceptors (Lipinski definition) is 7. The summed E-state index contributed by atoms with van der Waals surface area (Å²) >= 11 is 2.63. The number of nitrogen functional groups attached to an aromatic ring is 1. The second-order valence-corrected chi connectivity index (χ2v) is 5.72. The van der Waals surface area contributed by atoms with Crippen LogP contribution in [0.25, 0.3) is 15.6 Å². The second-order valence-electron chi connectivity index (χ2n) is 3.60. The van der Waals surface area contributed by atoms with Gasteiger partial charge in [-0.25, -0.2) is 4.98 Å². The number of imide groups is 1. The zero-order chi connectivity index (χ0) is 14.7. The number of hydrogen-bond donors (Lipinski definition) is 3. The monoisotopic (exact) mass is 310 g/mol. The number of amides is 3. The van der Waals surface area contributed by atoms with Gasteiger partial charge in [-0.05, 0) is 12.1 Å². The van der Waals surface area contributed by atoms with Gasteiger partial charge in [0.25, 0.3) is 11.8 Å². The van der Waals surface area contributed by atoms with Crippen LogP contribution in [-0.2, 0) is 14.4 Å². The van der Waals surface area contributed by atoms with E-state index in [2.05, 4.69) is 10.3 Å². The quantitative estimate of drug-likeness (QED) is 0.326. The van der Waals surface area contributed by atoms with Gasteiger partial charge >= 0.3 is 0 Å². The van der Waals surface area contributed by atoms with Gasteiger partial charge in [0.2, 0.25) is 6.41 Å². The highest BCUT2D eigenvalue weighted by molar-refractivity contribution is 7.29. The highest BCUT2D eigenvalue weighted by atomic mass is 32.1. The van der Waals surface area contributed by atoms with E-state index in [0.29, 0.717) is 10.0 Å². The van der Waals surface area contributed by atoms with Gasteiger partial charge in [-0.3, -0.25) is 19.7 Å². The summed E-state index contributed by atoms with van der Waals surface area (Å²) in [5.74, 6) is -1.34. The molecule has 7 nitrogen and oxygen atoms in total. The van der Waals surface area contributed by atoms with E-state index in [4.69, 9.17) is 5.73 Å². The van der Waals surface area contributed by atoms with Crippen LogP contribution in [0.2, 0.25) is 0 Å². The van der Waals surface area contributed by atoms with Gasteiger partial charge in [-0.2, -0.15) is 0 Å². The molecule has 0 aromatic carbocycles. The lowest BCUT2D eigenvalue weighted by Crippen LogP contribution is -2.32. The third-order valence-electron chi connectivity index (χ3n) is 2.32. The van der Waals surface area contributed by atoms with Crippen LogP contribution in [0.1, 0.15) is 4.88 Å². The first-order valence-corrected chi connectivity index (χ1v) is 7.02. The van der Waals surface area contributed by atoms with E-state index in [9.17, 15) is 14.4 Å². The zero-order valence-corrected chi connectivity index (χ0v) is 11.9. The maximum absolute atomic E-state index is 11.7. The normalized spacial score (nSPS) is 11.3. The Bertz CT molecular complexity index is 685. The Morgan fingerprint density at radius 3 is 2.70 bits per heavy atom. The molecule has 0 bridgehead atoms. The van der Waals surface area contributed by atoms with Crippen molar-refractivity contribution >= 4 is 61.6 Å². The van der Waals surface area contributed by atoms with E-state index in [0.717, 1.165) is 9.53 Å². The molecule has 20 heavy (non-hydrogen) atoms. The first kappa shape index (κ1) is 14.2. The summed E-state index contributed by atoms with van der Waals surface area (Å²) in [5, 5.41) is 4.75. The minimum Gasteiger partial charge on any atom is -0.375 e. The van der Waals surface area contributed by atoms with Crippen molar-refractivity contribution in [2.75, 3.05) is 12.8 Å². The van der Waals surface area contributed by atoms with Crippen LogP contribution in [0, 0.1) is 0 Å². The molecular formula is C11H10N4O3S2. The van der Waals surface area contributed by atoms with Crippen LogP contribution in [0.4, 0.5) is 5.13 Å². The van der Waals surface area contributed by atoms with Crippen molar-refractivity contribution in [1.82, 2.24) is 15.6 Å². The Labute approximate surface area is 121 Å². The van der Waals surface area contributed by atoms with Gasteiger partial charge in [-0.1, -0.05) is 11.3 Å². The predicted octanol–water partition coefficient (Wildman–Crippen LogP) is 0.342. The number of anilines is 1.